The van der Waals surface area contributed by atoms with Crippen LogP contribution in [0.4, 0.5) is 0 Å². The smallest absolute Gasteiger partial charge is 0.194 e. The summed E-state index contributed by atoms with van der Waals surface area (Å²) in [5, 5.41) is 2.01. The molecule has 92 valence electrons. The van der Waals surface area contributed by atoms with Crippen molar-refractivity contribution >= 4 is 16.3 Å². The van der Waals surface area contributed by atoms with Gasteiger partial charge in [-0.2, -0.15) is 0 Å². The Balaban J connectivity index is 2.20. The lowest BCUT2D eigenvalue weighted by Gasteiger charge is -2.04. The number of fused-ring (bicyclic) bond motifs is 1. The largest absolute Gasteiger partial charge is 0.497 e. The van der Waals surface area contributed by atoms with E-state index in [2.05, 4.69) is 4.98 Å². The third kappa shape index (κ3) is 1.68. The zero-order chi connectivity index (χ0) is 12.5. The minimum absolute atomic E-state index is 0.463. The Morgan fingerprint density at radius 3 is 3.11 bits per heavy atom. The van der Waals surface area contributed by atoms with Crippen molar-refractivity contribution < 1.29 is 4.74 Å². The maximum atomic E-state index is 5.84. The highest BCUT2D eigenvalue weighted by atomic mass is 32.1. The molecule has 2 aromatic heterocycles. The van der Waals surface area contributed by atoms with Gasteiger partial charge < -0.3 is 10.5 Å². The molecule has 0 fully saturated rings. The van der Waals surface area contributed by atoms with Crippen molar-refractivity contribution in [2.24, 2.45) is 5.73 Å². The molecular weight excluding hydrogens is 246 g/mol. The van der Waals surface area contributed by atoms with Crippen LogP contribution in [0.15, 0.2) is 35.8 Å². The minimum Gasteiger partial charge on any atom is -0.497 e. The fourth-order valence-corrected chi connectivity index (χ4v) is 2.76. The number of nitrogens with zero attached hydrogens (tertiary/aromatic N) is 2. The molecule has 4 nitrogen and oxygen atoms in total. The standard InChI is InChI=1S/C13H13N3OS/c1-17-10-4-2-3-9(7-10)12-11(8-14)16-5-6-18-13(16)15-12/h2-7H,8,14H2,1H3. The summed E-state index contributed by atoms with van der Waals surface area (Å²) in [5.41, 5.74) is 8.83. The van der Waals surface area contributed by atoms with E-state index in [4.69, 9.17) is 10.5 Å². The highest BCUT2D eigenvalue weighted by Gasteiger charge is 2.13. The molecule has 2 heterocycles. The Morgan fingerprint density at radius 1 is 1.44 bits per heavy atom. The molecular formula is C13H13N3OS. The fourth-order valence-electron chi connectivity index (χ4n) is 2.03. The van der Waals surface area contributed by atoms with Crippen LogP contribution in [0.2, 0.25) is 0 Å². The maximum Gasteiger partial charge on any atom is 0.194 e. The van der Waals surface area contributed by atoms with Gasteiger partial charge in [0.15, 0.2) is 4.96 Å². The van der Waals surface area contributed by atoms with Crippen molar-refractivity contribution in [2.75, 3.05) is 7.11 Å². The summed E-state index contributed by atoms with van der Waals surface area (Å²) < 4.78 is 7.28. The van der Waals surface area contributed by atoms with E-state index in [0.29, 0.717) is 6.54 Å². The first-order valence-corrected chi connectivity index (χ1v) is 6.50. The number of hydrogen-bond donors (Lipinski definition) is 1. The number of rotatable bonds is 3. The summed E-state index contributed by atoms with van der Waals surface area (Å²) in [4.78, 5) is 5.60. The first-order chi connectivity index (χ1) is 8.83. The van der Waals surface area contributed by atoms with E-state index in [0.717, 1.165) is 27.7 Å². The zero-order valence-corrected chi connectivity index (χ0v) is 10.8. The third-order valence-corrected chi connectivity index (χ3v) is 3.65. The molecule has 0 amide bonds. The Morgan fingerprint density at radius 2 is 2.33 bits per heavy atom. The number of hydrogen-bond acceptors (Lipinski definition) is 4. The van der Waals surface area contributed by atoms with Crippen LogP contribution in [0.25, 0.3) is 16.2 Å². The van der Waals surface area contributed by atoms with Gasteiger partial charge >= 0.3 is 0 Å². The molecule has 0 saturated heterocycles. The number of nitrogens with two attached hydrogens (primary N) is 1. The van der Waals surface area contributed by atoms with E-state index in [9.17, 15) is 0 Å². The molecule has 0 atom stereocenters. The Kier molecular flexibility index (Phi) is 2.77. The van der Waals surface area contributed by atoms with Gasteiger partial charge in [-0.1, -0.05) is 12.1 Å². The third-order valence-electron chi connectivity index (χ3n) is 2.90. The predicted molar refractivity (Wildman–Crippen MR) is 72.9 cm³/mol. The van der Waals surface area contributed by atoms with Crippen LogP contribution < -0.4 is 10.5 Å². The normalized spacial score (nSPS) is 11.0. The van der Waals surface area contributed by atoms with Gasteiger partial charge in [-0.15, -0.1) is 11.3 Å². The van der Waals surface area contributed by atoms with Crippen molar-refractivity contribution in [3.05, 3.63) is 41.5 Å². The van der Waals surface area contributed by atoms with E-state index in [-0.39, 0.29) is 0 Å². The van der Waals surface area contributed by atoms with Gasteiger partial charge in [-0.3, -0.25) is 4.40 Å². The highest BCUT2D eigenvalue weighted by Crippen LogP contribution is 2.28. The first kappa shape index (κ1) is 11.3. The van der Waals surface area contributed by atoms with E-state index in [1.165, 1.54) is 0 Å². The van der Waals surface area contributed by atoms with Crippen molar-refractivity contribution in [1.82, 2.24) is 9.38 Å². The number of aromatic nitrogens is 2. The summed E-state index contributed by atoms with van der Waals surface area (Å²) in [6.07, 6.45) is 2.00. The molecule has 5 heteroatoms. The zero-order valence-electron chi connectivity index (χ0n) is 9.96. The topological polar surface area (TPSA) is 52.5 Å². The number of thiazole rings is 1. The van der Waals surface area contributed by atoms with Crippen molar-refractivity contribution in [1.29, 1.82) is 0 Å². The average Bonchev–Trinajstić information content (AvgIpc) is 2.98. The molecule has 1 aromatic carbocycles. The molecule has 3 rings (SSSR count). The van der Waals surface area contributed by atoms with Crippen LogP contribution in [0.3, 0.4) is 0 Å². The minimum atomic E-state index is 0.463. The first-order valence-electron chi connectivity index (χ1n) is 5.62. The van der Waals surface area contributed by atoms with Gasteiger partial charge in [0.2, 0.25) is 0 Å². The van der Waals surface area contributed by atoms with Gasteiger partial charge in [0.25, 0.3) is 0 Å². The van der Waals surface area contributed by atoms with Crippen LogP contribution >= 0.6 is 11.3 Å². The quantitative estimate of drug-likeness (QED) is 0.786. The van der Waals surface area contributed by atoms with Crippen LogP contribution in [-0.4, -0.2) is 16.5 Å². The SMILES string of the molecule is COc1cccc(-c2nc3sccn3c2CN)c1. The second-order valence-corrected chi connectivity index (χ2v) is 4.77. The number of imidazole rings is 1. The lowest BCUT2D eigenvalue weighted by molar-refractivity contribution is 0.415. The number of methoxy groups -OCH3 is 1. The molecule has 0 bridgehead atoms. The van der Waals surface area contributed by atoms with Crippen LogP contribution in [-0.2, 0) is 6.54 Å². The molecule has 0 aliphatic heterocycles. The molecule has 0 spiro atoms. The van der Waals surface area contributed by atoms with Gasteiger partial charge in [-0.05, 0) is 12.1 Å². The Hall–Kier alpha value is -1.85. The van der Waals surface area contributed by atoms with Crippen molar-refractivity contribution in [3.8, 4) is 17.0 Å². The van der Waals surface area contributed by atoms with Gasteiger partial charge in [0.05, 0.1) is 18.5 Å². The van der Waals surface area contributed by atoms with Crippen molar-refractivity contribution in [3.63, 3.8) is 0 Å². The molecule has 3 aromatic rings. The summed E-state index contributed by atoms with van der Waals surface area (Å²) >= 11 is 1.61. The van der Waals surface area contributed by atoms with E-state index >= 15 is 0 Å². The molecule has 0 radical (unpaired) electrons. The van der Waals surface area contributed by atoms with E-state index < -0.39 is 0 Å². The monoisotopic (exact) mass is 259 g/mol. The predicted octanol–water partition coefficient (Wildman–Crippen LogP) is 2.53. The summed E-state index contributed by atoms with van der Waals surface area (Å²) in [5.74, 6) is 0.826. The highest BCUT2D eigenvalue weighted by molar-refractivity contribution is 7.15. The van der Waals surface area contributed by atoms with Gasteiger partial charge in [0, 0.05) is 23.7 Å². The second kappa shape index (κ2) is 4.44. The summed E-state index contributed by atoms with van der Waals surface area (Å²) in [7, 11) is 1.66. The lowest BCUT2D eigenvalue weighted by atomic mass is 10.1. The molecule has 0 aliphatic rings. The Bertz CT molecular complexity index is 686. The van der Waals surface area contributed by atoms with Gasteiger partial charge in [0.1, 0.15) is 5.75 Å². The summed E-state index contributed by atoms with van der Waals surface area (Å²) in [6, 6.07) is 7.88. The van der Waals surface area contributed by atoms with Crippen LogP contribution in [0.5, 0.6) is 5.75 Å². The Labute approximate surface area is 109 Å². The second-order valence-electron chi connectivity index (χ2n) is 3.90. The van der Waals surface area contributed by atoms with E-state index in [1.54, 1.807) is 18.4 Å². The van der Waals surface area contributed by atoms with Gasteiger partial charge in [-0.25, -0.2) is 4.98 Å². The lowest BCUT2D eigenvalue weighted by Crippen LogP contribution is -2.01. The molecule has 2 N–H and O–H groups in total. The fraction of sp³-hybridized carbons (Fsp3) is 0.154. The molecule has 0 aliphatic carbocycles. The molecule has 18 heavy (non-hydrogen) atoms. The van der Waals surface area contributed by atoms with Crippen molar-refractivity contribution in [2.45, 2.75) is 6.54 Å². The maximum absolute atomic E-state index is 5.84. The molecule has 0 saturated carbocycles. The summed E-state index contributed by atoms with van der Waals surface area (Å²) in [6.45, 7) is 0.463. The number of ether oxygens (including phenoxy) is 1. The van der Waals surface area contributed by atoms with E-state index in [1.807, 2.05) is 40.2 Å². The van der Waals surface area contributed by atoms with Crippen LogP contribution in [0.1, 0.15) is 5.69 Å². The molecule has 0 unspecified atom stereocenters. The average molecular weight is 259 g/mol. The number of benzene rings is 1. The van der Waals surface area contributed by atoms with Crippen LogP contribution in [0, 0.1) is 0 Å².